The lowest BCUT2D eigenvalue weighted by atomic mass is 10.3. The van der Waals surface area contributed by atoms with Crippen molar-refractivity contribution in [2.75, 3.05) is 25.6 Å². The standard InChI is InChI=1S/C9H14ClN3O3S/c1-12-6-9(5-11-12)17(14,15)13-2-3-16-7-8(13)4-10/h5-6,8H,2-4,7H2,1H3. The van der Waals surface area contributed by atoms with E-state index in [1.54, 1.807) is 7.05 Å². The van der Waals surface area contributed by atoms with E-state index < -0.39 is 10.0 Å². The SMILES string of the molecule is Cn1cc(S(=O)(=O)N2CCOCC2CCl)cn1. The molecule has 2 heterocycles. The molecule has 17 heavy (non-hydrogen) atoms. The highest BCUT2D eigenvalue weighted by atomic mass is 35.5. The summed E-state index contributed by atoms with van der Waals surface area (Å²) in [6, 6.07) is -0.310. The molecule has 0 radical (unpaired) electrons. The lowest BCUT2D eigenvalue weighted by molar-refractivity contribution is 0.0404. The molecular formula is C9H14ClN3O3S. The van der Waals surface area contributed by atoms with Gasteiger partial charge in [-0.3, -0.25) is 4.68 Å². The molecule has 0 bridgehead atoms. The Morgan fingerprint density at radius 3 is 3.00 bits per heavy atom. The number of hydrogen-bond donors (Lipinski definition) is 0. The zero-order chi connectivity index (χ0) is 12.5. The van der Waals surface area contributed by atoms with E-state index in [4.69, 9.17) is 16.3 Å². The average Bonchev–Trinajstić information content (AvgIpc) is 2.76. The summed E-state index contributed by atoms with van der Waals surface area (Å²) in [5, 5.41) is 3.88. The third-order valence-electron chi connectivity index (χ3n) is 2.64. The van der Waals surface area contributed by atoms with E-state index in [1.807, 2.05) is 0 Å². The molecule has 1 saturated heterocycles. The number of aryl methyl sites for hydroxylation is 1. The zero-order valence-electron chi connectivity index (χ0n) is 9.41. The minimum Gasteiger partial charge on any atom is -0.378 e. The third kappa shape index (κ3) is 2.47. The van der Waals surface area contributed by atoms with Crippen LogP contribution in [0.1, 0.15) is 0 Å². The fourth-order valence-electron chi connectivity index (χ4n) is 1.74. The minimum atomic E-state index is -3.52. The molecule has 1 atom stereocenters. The van der Waals surface area contributed by atoms with Gasteiger partial charge in [0.2, 0.25) is 10.0 Å². The molecule has 8 heteroatoms. The van der Waals surface area contributed by atoms with Crippen LogP contribution in [0.25, 0.3) is 0 Å². The van der Waals surface area contributed by atoms with Gasteiger partial charge >= 0.3 is 0 Å². The van der Waals surface area contributed by atoms with E-state index >= 15 is 0 Å². The van der Waals surface area contributed by atoms with Crippen molar-refractivity contribution < 1.29 is 13.2 Å². The molecule has 1 fully saturated rings. The van der Waals surface area contributed by atoms with Crippen LogP contribution in [-0.4, -0.2) is 54.2 Å². The van der Waals surface area contributed by atoms with Crippen LogP contribution >= 0.6 is 11.6 Å². The van der Waals surface area contributed by atoms with Gasteiger partial charge in [-0.2, -0.15) is 9.40 Å². The van der Waals surface area contributed by atoms with Crippen LogP contribution in [-0.2, 0) is 21.8 Å². The van der Waals surface area contributed by atoms with Crippen molar-refractivity contribution in [3.8, 4) is 0 Å². The van der Waals surface area contributed by atoms with Gasteiger partial charge in [0.15, 0.2) is 0 Å². The molecule has 1 aromatic heterocycles. The first-order valence-corrected chi connectivity index (χ1v) is 7.17. The molecule has 1 aromatic rings. The molecule has 96 valence electrons. The fourth-order valence-corrected chi connectivity index (χ4v) is 3.66. The summed E-state index contributed by atoms with van der Waals surface area (Å²) in [6.07, 6.45) is 2.83. The molecule has 0 aliphatic carbocycles. The monoisotopic (exact) mass is 279 g/mol. The topological polar surface area (TPSA) is 64.4 Å². The number of rotatable bonds is 3. The molecule has 0 amide bonds. The number of alkyl halides is 1. The first-order chi connectivity index (χ1) is 8.05. The van der Waals surface area contributed by atoms with Gasteiger partial charge in [-0.15, -0.1) is 11.6 Å². The predicted octanol–water partition coefficient (Wildman–Crippen LogP) is 0.0484. The summed E-state index contributed by atoms with van der Waals surface area (Å²) in [5.74, 6) is 0.222. The Morgan fingerprint density at radius 1 is 1.65 bits per heavy atom. The van der Waals surface area contributed by atoms with Gasteiger partial charge < -0.3 is 4.74 Å². The van der Waals surface area contributed by atoms with Gasteiger partial charge in [0.1, 0.15) is 4.90 Å². The Bertz CT molecular complexity index is 487. The maximum atomic E-state index is 12.3. The number of aromatic nitrogens is 2. The number of hydrogen-bond acceptors (Lipinski definition) is 4. The van der Waals surface area contributed by atoms with Crippen LogP contribution in [0.3, 0.4) is 0 Å². The number of nitrogens with zero attached hydrogens (tertiary/aromatic N) is 3. The Hall–Kier alpha value is -0.630. The summed E-state index contributed by atoms with van der Waals surface area (Å²) in [5.41, 5.74) is 0. The number of sulfonamides is 1. The van der Waals surface area contributed by atoms with Crippen LogP contribution in [0.5, 0.6) is 0 Å². The first kappa shape index (κ1) is 12.8. The molecule has 2 rings (SSSR count). The highest BCUT2D eigenvalue weighted by Crippen LogP contribution is 2.20. The van der Waals surface area contributed by atoms with Gasteiger partial charge in [0.05, 0.1) is 25.5 Å². The lowest BCUT2D eigenvalue weighted by Gasteiger charge is -2.32. The Labute approximate surface area is 105 Å². The summed E-state index contributed by atoms with van der Waals surface area (Å²) < 4.78 is 32.7. The molecule has 6 nitrogen and oxygen atoms in total. The lowest BCUT2D eigenvalue weighted by Crippen LogP contribution is -2.49. The predicted molar refractivity (Wildman–Crippen MR) is 62.4 cm³/mol. The van der Waals surface area contributed by atoms with Crippen LogP contribution < -0.4 is 0 Å². The largest absolute Gasteiger partial charge is 0.378 e. The van der Waals surface area contributed by atoms with E-state index in [9.17, 15) is 8.42 Å². The summed E-state index contributed by atoms with van der Waals surface area (Å²) in [4.78, 5) is 0.192. The number of halogens is 1. The minimum absolute atomic E-state index is 0.192. The second kappa shape index (κ2) is 4.93. The van der Waals surface area contributed by atoms with Crippen molar-refractivity contribution in [1.29, 1.82) is 0 Å². The highest BCUT2D eigenvalue weighted by molar-refractivity contribution is 7.89. The normalized spacial score (nSPS) is 22.8. The van der Waals surface area contributed by atoms with E-state index in [0.29, 0.717) is 19.8 Å². The molecule has 0 spiro atoms. The molecule has 0 saturated carbocycles. The highest BCUT2D eigenvalue weighted by Gasteiger charge is 2.34. The van der Waals surface area contributed by atoms with Crippen molar-refractivity contribution >= 4 is 21.6 Å². The Balaban J connectivity index is 2.30. The van der Waals surface area contributed by atoms with E-state index in [-0.39, 0.29) is 16.8 Å². The van der Waals surface area contributed by atoms with Crippen molar-refractivity contribution in [3.63, 3.8) is 0 Å². The fraction of sp³-hybridized carbons (Fsp3) is 0.667. The molecule has 1 aliphatic rings. The van der Waals surface area contributed by atoms with Gasteiger partial charge in [-0.05, 0) is 0 Å². The second-order valence-corrected chi connectivity index (χ2v) is 6.05. The Kier molecular flexibility index (Phi) is 3.72. The smallest absolute Gasteiger partial charge is 0.246 e. The molecule has 1 aliphatic heterocycles. The molecule has 1 unspecified atom stereocenters. The van der Waals surface area contributed by atoms with Crippen molar-refractivity contribution in [1.82, 2.24) is 14.1 Å². The van der Waals surface area contributed by atoms with Crippen molar-refractivity contribution in [3.05, 3.63) is 12.4 Å². The Morgan fingerprint density at radius 2 is 2.41 bits per heavy atom. The van der Waals surface area contributed by atoms with Crippen molar-refractivity contribution in [2.45, 2.75) is 10.9 Å². The molecule has 0 N–H and O–H groups in total. The summed E-state index contributed by atoms with van der Waals surface area (Å²) in [6.45, 7) is 1.06. The number of morpholine rings is 1. The average molecular weight is 280 g/mol. The van der Waals surface area contributed by atoms with E-state index in [0.717, 1.165) is 0 Å². The van der Waals surface area contributed by atoms with E-state index in [1.165, 1.54) is 21.4 Å². The van der Waals surface area contributed by atoms with Crippen molar-refractivity contribution in [2.24, 2.45) is 7.05 Å². The van der Waals surface area contributed by atoms with Crippen LogP contribution in [0.15, 0.2) is 17.3 Å². The molecular weight excluding hydrogens is 266 g/mol. The van der Waals surface area contributed by atoms with Gasteiger partial charge in [0, 0.05) is 25.7 Å². The van der Waals surface area contributed by atoms with Crippen LogP contribution in [0, 0.1) is 0 Å². The van der Waals surface area contributed by atoms with Gasteiger partial charge in [0.25, 0.3) is 0 Å². The zero-order valence-corrected chi connectivity index (χ0v) is 11.0. The van der Waals surface area contributed by atoms with Crippen LogP contribution in [0.4, 0.5) is 0 Å². The maximum Gasteiger partial charge on any atom is 0.246 e. The summed E-state index contributed by atoms with van der Waals surface area (Å²) in [7, 11) is -1.84. The molecule has 0 aromatic carbocycles. The maximum absolute atomic E-state index is 12.3. The van der Waals surface area contributed by atoms with Gasteiger partial charge in [-0.25, -0.2) is 8.42 Å². The quantitative estimate of drug-likeness (QED) is 0.734. The van der Waals surface area contributed by atoms with Gasteiger partial charge in [-0.1, -0.05) is 0 Å². The summed E-state index contributed by atoms with van der Waals surface area (Å²) >= 11 is 5.77. The van der Waals surface area contributed by atoms with Crippen LogP contribution in [0.2, 0.25) is 0 Å². The first-order valence-electron chi connectivity index (χ1n) is 5.20. The second-order valence-electron chi connectivity index (χ2n) is 3.85. The number of ether oxygens (including phenoxy) is 1. The van der Waals surface area contributed by atoms with E-state index in [2.05, 4.69) is 5.10 Å². The third-order valence-corrected chi connectivity index (χ3v) is 4.90.